The second-order valence-corrected chi connectivity index (χ2v) is 4.71. The van der Waals surface area contributed by atoms with Gasteiger partial charge in [0.2, 0.25) is 11.8 Å². The minimum absolute atomic E-state index is 0.161. The normalized spacial score (nSPS) is 11.2. The molecule has 6 nitrogen and oxygen atoms in total. The number of rotatable bonds is 5. The highest BCUT2D eigenvalue weighted by Gasteiger charge is 2.12. The van der Waals surface area contributed by atoms with Gasteiger partial charge in [0.15, 0.2) is 11.2 Å². The molecular formula is C13H19N5O. The predicted molar refractivity (Wildman–Crippen MR) is 74.0 cm³/mol. The Morgan fingerprint density at radius 3 is 2.74 bits per heavy atom. The number of nitrogens with zero attached hydrogens (tertiary/aromatic N) is 4. The van der Waals surface area contributed by atoms with Crippen LogP contribution in [0.4, 0.5) is 5.95 Å². The molecule has 0 saturated heterocycles. The van der Waals surface area contributed by atoms with Gasteiger partial charge in [0, 0.05) is 6.20 Å². The molecule has 19 heavy (non-hydrogen) atoms. The second kappa shape index (κ2) is 5.77. The molecule has 2 heterocycles. The van der Waals surface area contributed by atoms with E-state index in [9.17, 15) is 0 Å². The number of aromatic nitrogens is 4. The molecule has 0 aliphatic heterocycles. The van der Waals surface area contributed by atoms with Gasteiger partial charge in [0.1, 0.15) is 0 Å². The van der Waals surface area contributed by atoms with Crippen LogP contribution >= 0.6 is 0 Å². The summed E-state index contributed by atoms with van der Waals surface area (Å²) < 4.78 is 5.61. The van der Waals surface area contributed by atoms with E-state index in [-0.39, 0.29) is 11.9 Å². The van der Waals surface area contributed by atoms with Crippen molar-refractivity contribution in [3.63, 3.8) is 0 Å². The molecule has 0 radical (unpaired) electrons. The highest BCUT2D eigenvalue weighted by Crippen LogP contribution is 2.22. The summed E-state index contributed by atoms with van der Waals surface area (Å²) >= 11 is 0. The van der Waals surface area contributed by atoms with Crippen molar-refractivity contribution >= 4 is 17.1 Å². The molecule has 102 valence electrons. The number of nitrogens with two attached hydrogens (primary N) is 1. The SMILES string of the molecule is CCCCOc1nc(N)nc2nc(C(C)C)cnc12. The summed E-state index contributed by atoms with van der Waals surface area (Å²) in [6, 6.07) is 0. The summed E-state index contributed by atoms with van der Waals surface area (Å²) in [7, 11) is 0. The van der Waals surface area contributed by atoms with Crippen molar-refractivity contribution in [3.05, 3.63) is 11.9 Å². The first-order valence-electron chi connectivity index (χ1n) is 6.54. The second-order valence-electron chi connectivity index (χ2n) is 4.71. The summed E-state index contributed by atoms with van der Waals surface area (Å²) in [5.41, 5.74) is 7.62. The van der Waals surface area contributed by atoms with Crippen LogP contribution in [-0.4, -0.2) is 26.5 Å². The molecule has 0 saturated carbocycles. The number of hydrogen-bond donors (Lipinski definition) is 1. The minimum Gasteiger partial charge on any atom is -0.476 e. The van der Waals surface area contributed by atoms with Crippen LogP contribution in [-0.2, 0) is 0 Å². The Bertz CT molecular complexity index is 570. The molecular weight excluding hydrogens is 242 g/mol. The average Bonchev–Trinajstić information content (AvgIpc) is 2.37. The lowest BCUT2D eigenvalue weighted by Crippen LogP contribution is -2.06. The first kappa shape index (κ1) is 13.5. The lowest BCUT2D eigenvalue weighted by atomic mass is 10.1. The highest BCUT2D eigenvalue weighted by molar-refractivity contribution is 5.76. The van der Waals surface area contributed by atoms with Crippen LogP contribution in [0, 0.1) is 0 Å². The van der Waals surface area contributed by atoms with Crippen molar-refractivity contribution in [1.29, 1.82) is 0 Å². The van der Waals surface area contributed by atoms with Gasteiger partial charge in [-0.2, -0.15) is 9.97 Å². The largest absolute Gasteiger partial charge is 0.476 e. The molecule has 0 atom stereocenters. The standard InChI is InChI=1S/C13H19N5O/c1-4-5-6-19-12-10-11(17-13(14)18-12)16-9(7-15-10)8(2)3/h7-8H,4-6H2,1-3H3,(H2,14,16,17,18). The van der Waals surface area contributed by atoms with Crippen LogP contribution in [0.1, 0.15) is 45.2 Å². The topological polar surface area (TPSA) is 86.8 Å². The van der Waals surface area contributed by atoms with Crippen molar-refractivity contribution in [2.45, 2.75) is 39.5 Å². The maximum Gasteiger partial charge on any atom is 0.247 e. The van der Waals surface area contributed by atoms with Gasteiger partial charge in [-0.15, -0.1) is 0 Å². The fourth-order valence-corrected chi connectivity index (χ4v) is 1.60. The van der Waals surface area contributed by atoms with E-state index < -0.39 is 0 Å². The van der Waals surface area contributed by atoms with E-state index in [0.717, 1.165) is 18.5 Å². The van der Waals surface area contributed by atoms with Gasteiger partial charge < -0.3 is 10.5 Å². The fourth-order valence-electron chi connectivity index (χ4n) is 1.60. The van der Waals surface area contributed by atoms with E-state index in [4.69, 9.17) is 10.5 Å². The number of anilines is 1. The third-order valence-electron chi connectivity index (χ3n) is 2.74. The summed E-state index contributed by atoms with van der Waals surface area (Å²) in [6.07, 6.45) is 3.75. The quantitative estimate of drug-likeness (QED) is 0.831. The number of nitrogen functional groups attached to an aromatic ring is 1. The molecule has 0 bridgehead atoms. The summed E-state index contributed by atoms with van der Waals surface area (Å²) in [5, 5.41) is 0. The Hall–Kier alpha value is -1.98. The maximum absolute atomic E-state index is 5.69. The van der Waals surface area contributed by atoms with E-state index in [1.807, 2.05) is 0 Å². The minimum atomic E-state index is 0.161. The van der Waals surface area contributed by atoms with Crippen LogP contribution in [0.2, 0.25) is 0 Å². The zero-order valence-electron chi connectivity index (χ0n) is 11.6. The molecule has 0 aliphatic carbocycles. The van der Waals surface area contributed by atoms with Crippen molar-refractivity contribution in [3.8, 4) is 5.88 Å². The molecule has 0 aliphatic rings. The lowest BCUT2D eigenvalue weighted by Gasteiger charge is -2.09. The Labute approximate surface area is 112 Å². The summed E-state index contributed by atoms with van der Waals surface area (Å²) in [5.74, 6) is 0.866. The summed E-state index contributed by atoms with van der Waals surface area (Å²) in [6.45, 7) is 6.80. The zero-order chi connectivity index (χ0) is 13.8. The van der Waals surface area contributed by atoms with E-state index >= 15 is 0 Å². The van der Waals surface area contributed by atoms with Crippen LogP contribution in [0.3, 0.4) is 0 Å². The Morgan fingerprint density at radius 1 is 1.26 bits per heavy atom. The van der Waals surface area contributed by atoms with Crippen LogP contribution < -0.4 is 10.5 Å². The van der Waals surface area contributed by atoms with Crippen LogP contribution in [0.25, 0.3) is 11.2 Å². The van der Waals surface area contributed by atoms with Gasteiger partial charge >= 0.3 is 0 Å². The molecule has 6 heteroatoms. The third-order valence-corrected chi connectivity index (χ3v) is 2.74. The zero-order valence-corrected chi connectivity index (χ0v) is 11.6. The van der Waals surface area contributed by atoms with E-state index in [1.165, 1.54) is 0 Å². The molecule has 0 fully saturated rings. The Balaban J connectivity index is 2.40. The van der Waals surface area contributed by atoms with E-state index in [0.29, 0.717) is 23.7 Å². The maximum atomic E-state index is 5.69. The predicted octanol–water partition coefficient (Wildman–Crippen LogP) is 2.30. The van der Waals surface area contributed by atoms with Crippen molar-refractivity contribution in [2.24, 2.45) is 0 Å². The molecule has 2 rings (SSSR count). The molecule has 2 aromatic rings. The van der Waals surface area contributed by atoms with Gasteiger partial charge in [-0.25, -0.2) is 9.97 Å². The number of fused-ring (bicyclic) bond motifs is 1. The molecule has 0 amide bonds. The highest BCUT2D eigenvalue weighted by atomic mass is 16.5. The first-order valence-corrected chi connectivity index (χ1v) is 6.54. The van der Waals surface area contributed by atoms with Gasteiger partial charge in [-0.3, -0.25) is 0 Å². The van der Waals surface area contributed by atoms with Gasteiger partial charge in [-0.05, 0) is 12.3 Å². The van der Waals surface area contributed by atoms with Gasteiger partial charge in [0.25, 0.3) is 0 Å². The van der Waals surface area contributed by atoms with Crippen molar-refractivity contribution in [1.82, 2.24) is 19.9 Å². The van der Waals surface area contributed by atoms with Crippen molar-refractivity contribution in [2.75, 3.05) is 12.3 Å². The monoisotopic (exact) mass is 261 g/mol. The third kappa shape index (κ3) is 3.07. The number of hydrogen-bond acceptors (Lipinski definition) is 6. The molecule has 0 aromatic carbocycles. The van der Waals surface area contributed by atoms with Crippen molar-refractivity contribution < 1.29 is 4.74 Å². The smallest absolute Gasteiger partial charge is 0.247 e. The molecule has 2 N–H and O–H groups in total. The van der Waals surface area contributed by atoms with Gasteiger partial charge in [-0.1, -0.05) is 27.2 Å². The van der Waals surface area contributed by atoms with Crippen LogP contribution in [0.15, 0.2) is 6.20 Å². The fraction of sp³-hybridized carbons (Fsp3) is 0.538. The molecule has 0 spiro atoms. The lowest BCUT2D eigenvalue weighted by molar-refractivity contribution is 0.301. The molecule has 0 unspecified atom stereocenters. The first-order chi connectivity index (χ1) is 9.11. The van der Waals surface area contributed by atoms with Crippen LogP contribution in [0.5, 0.6) is 5.88 Å². The van der Waals surface area contributed by atoms with E-state index in [1.54, 1.807) is 6.20 Å². The molecule has 2 aromatic heterocycles. The Kier molecular flexibility index (Phi) is 4.09. The number of ether oxygens (including phenoxy) is 1. The number of unbranched alkanes of at least 4 members (excludes halogenated alkanes) is 1. The Morgan fingerprint density at radius 2 is 2.05 bits per heavy atom. The summed E-state index contributed by atoms with van der Waals surface area (Å²) in [4.78, 5) is 17.0. The average molecular weight is 261 g/mol. The van der Waals surface area contributed by atoms with E-state index in [2.05, 4.69) is 40.7 Å². The van der Waals surface area contributed by atoms with Gasteiger partial charge in [0.05, 0.1) is 12.3 Å².